The molecule has 0 aliphatic carbocycles. The Balaban J connectivity index is 3.06. The molecule has 0 bridgehead atoms. The van der Waals surface area contributed by atoms with Crippen molar-refractivity contribution in [3.05, 3.63) is 34.1 Å². The van der Waals surface area contributed by atoms with Crippen LogP contribution in [0.5, 0.6) is 0 Å². The van der Waals surface area contributed by atoms with Crippen molar-refractivity contribution in [2.75, 3.05) is 5.32 Å². The summed E-state index contributed by atoms with van der Waals surface area (Å²) >= 11 is 0. The van der Waals surface area contributed by atoms with E-state index in [2.05, 4.69) is 5.32 Å². The van der Waals surface area contributed by atoms with Crippen LogP contribution in [0.1, 0.15) is 13.3 Å². The zero-order chi connectivity index (χ0) is 11.4. The quantitative estimate of drug-likeness (QED) is 0.615. The highest BCUT2D eigenvalue weighted by Gasteiger charge is 2.15. The summed E-state index contributed by atoms with van der Waals surface area (Å²) < 4.78 is 12.7. The summed E-state index contributed by atoms with van der Waals surface area (Å²) in [4.78, 5) is 20.8. The number of halogens is 1. The van der Waals surface area contributed by atoms with E-state index in [1.807, 2.05) is 0 Å². The van der Waals surface area contributed by atoms with E-state index in [1.54, 1.807) is 6.92 Å². The van der Waals surface area contributed by atoms with Gasteiger partial charge in [-0.15, -0.1) is 0 Å². The van der Waals surface area contributed by atoms with Crippen LogP contribution in [0.2, 0.25) is 0 Å². The SMILES string of the molecule is CCC(=O)Nc1ccc(F)cc1[N+](=O)[O-]. The molecule has 0 radical (unpaired) electrons. The smallest absolute Gasteiger partial charge is 0.295 e. The molecule has 1 N–H and O–H groups in total. The number of benzene rings is 1. The highest BCUT2D eigenvalue weighted by atomic mass is 19.1. The molecule has 0 saturated heterocycles. The maximum absolute atomic E-state index is 12.7. The number of amides is 1. The largest absolute Gasteiger partial charge is 0.320 e. The third-order valence-electron chi connectivity index (χ3n) is 1.75. The lowest BCUT2D eigenvalue weighted by Gasteiger charge is -2.03. The van der Waals surface area contributed by atoms with Crippen molar-refractivity contribution >= 4 is 17.3 Å². The molecule has 0 aliphatic heterocycles. The van der Waals surface area contributed by atoms with E-state index in [0.717, 1.165) is 12.1 Å². The van der Waals surface area contributed by atoms with Crippen molar-refractivity contribution in [1.82, 2.24) is 0 Å². The molecule has 0 spiro atoms. The van der Waals surface area contributed by atoms with Gasteiger partial charge in [-0.1, -0.05) is 6.92 Å². The lowest BCUT2D eigenvalue weighted by atomic mass is 10.2. The summed E-state index contributed by atoms with van der Waals surface area (Å²) in [7, 11) is 0. The fraction of sp³-hybridized carbons (Fsp3) is 0.222. The first kappa shape index (κ1) is 11.1. The van der Waals surface area contributed by atoms with E-state index in [-0.39, 0.29) is 18.0 Å². The molecule has 0 fully saturated rings. The summed E-state index contributed by atoms with van der Waals surface area (Å²) in [5.41, 5.74) is -0.440. The van der Waals surface area contributed by atoms with Gasteiger partial charge < -0.3 is 5.32 Å². The number of nitro benzene ring substituents is 1. The Kier molecular flexibility index (Phi) is 3.33. The minimum atomic E-state index is -0.742. The van der Waals surface area contributed by atoms with Gasteiger partial charge in [0.1, 0.15) is 11.5 Å². The molecule has 6 heteroatoms. The van der Waals surface area contributed by atoms with Crippen LogP contribution >= 0.6 is 0 Å². The second-order valence-corrected chi connectivity index (χ2v) is 2.82. The van der Waals surface area contributed by atoms with E-state index in [1.165, 1.54) is 6.07 Å². The highest BCUT2D eigenvalue weighted by molar-refractivity contribution is 5.92. The number of carbonyl (C=O) groups excluding carboxylic acids is 1. The zero-order valence-corrected chi connectivity index (χ0v) is 7.99. The Morgan fingerprint density at radius 2 is 2.27 bits per heavy atom. The summed E-state index contributed by atoms with van der Waals surface area (Å²) in [6.07, 6.45) is 0.203. The number of anilines is 1. The third kappa shape index (κ3) is 2.73. The first-order chi connectivity index (χ1) is 7.04. The van der Waals surface area contributed by atoms with Crippen LogP contribution in [0.4, 0.5) is 15.8 Å². The molecule has 0 saturated carbocycles. The molecule has 1 aromatic carbocycles. The maximum atomic E-state index is 12.7. The van der Waals surface area contributed by atoms with Crippen LogP contribution in [-0.2, 0) is 4.79 Å². The van der Waals surface area contributed by atoms with Crippen molar-refractivity contribution in [3.63, 3.8) is 0 Å². The molecule has 15 heavy (non-hydrogen) atoms. The molecule has 0 aliphatic rings. The first-order valence-corrected chi connectivity index (χ1v) is 4.28. The Morgan fingerprint density at radius 1 is 1.60 bits per heavy atom. The second kappa shape index (κ2) is 4.50. The number of nitrogens with zero attached hydrogens (tertiary/aromatic N) is 1. The monoisotopic (exact) mass is 212 g/mol. The van der Waals surface area contributed by atoms with Gasteiger partial charge in [-0.25, -0.2) is 4.39 Å². The molecule has 0 aromatic heterocycles. The van der Waals surface area contributed by atoms with Crippen LogP contribution < -0.4 is 5.32 Å². The van der Waals surface area contributed by atoms with Gasteiger partial charge in [0.25, 0.3) is 5.69 Å². The van der Waals surface area contributed by atoms with E-state index in [0.29, 0.717) is 0 Å². The van der Waals surface area contributed by atoms with Crippen LogP contribution in [-0.4, -0.2) is 10.8 Å². The Morgan fingerprint density at radius 3 is 2.80 bits per heavy atom. The fourth-order valence-electron chi connectivity index (χ4n) is 1.00. The predicted octanol–water partition coefficient (Wildman–Crippen LogP) is 2.08. The Labute approximate surface area is 85.1 Å². The highest BCUT2D eigenvalue weighted by Crippen LogP contribution is 2.24. The number of nitrogens with one attached hydrogen (secondary N) is 1. The molecule has 0 unspecified atom stereocenters. The molecule has 0 atom stereocenters. The summed E-state index contributed by atoms with van der Waals surface area (Å²) in [5, 5.41) is 12.9. The minimum absolute atomic E-state index is 0.00764. The molecular formula is C9H9FN2O3. The predicted molar refractivity (Wildman–Crippen MR) is 52.0 cm³/mol. The van der Waals surface area contributed by atoms with Gasteiger partial charge in [-0.05, 0) is 12.1 Å². The lowest BCUT2D eigenvalue weighted by molar-refractivity contribution is -0.384. The van der Waals surface area contributed by atoms with Crippen LogP contribution in [0, 0.1) is 15.9 Å². The molecule has 1 rings (SSSR count). The van der Waals surface area contributed by atoms with Crippen molar-refractivity contribution < 1.29 is 14.1 Å². The average Bonchev–Trinajstić information content (AvgIpc) is 2.20. The molecule has 5 nitrogen and oxygen atoms in total. The van der Waals surface area contributed by atoms with Gasteiger partial charge >= 0.3 is 0 Å². The summed E-state index contributed by atoms with van der Waals surface area (Å²) in [6.45, 7) is 1.62. The van der Waals surface area contributed by atoms with Gasteiger partial charge in [-0.3, -0.25) is 14.9 Å². The van der Waals surface area contributed by atoms with Gasteiger partial charge in [0, 0.05) is 6.42 Å². The van der Waals surface area contributed by atoms with Gasteiger partial charge in [0.05, 0.1) is 11.0 Å². The topological polar surface area (TPSA) is 72.2 Å². The number of carbonyl (C=O) groups is 1. The van der Waals surface area contributed by atoms with Crippen molar-refractivity contribution in [3.8, 4) is 0 Å². The normalized spacial score (nSPS) is 9.73. The number of rotatable bonds is 3. The zero-order valence-electron chi connectivity index (χ0n) is 7.99. The molecular weight excluding hydrogens is 203 g/mol. The fourth-order valence-corrected chi connectivity index (χ4v) is 1.00. The van der Waals surface area contributed by atoms with Gasteiger partial charge in [0.2, 0.25) is 5.91 Å². The Hall–Kier alpha value is -1.98. The minimum Gasteiger partial charge on any atom is -0.320 e. The average molecular weight is 212 g/mol. The number of hydrogen-bond donors (Lipinski definition) is 1. The summed E-state index contributed by atoms with van der Waals surface area (Å²) in [5.74, 6) is -1.07. The van der Waals surface area contributed by atoms with Crippen LogP contribution in [0.25, 0.3) is 0 Å². The maximum Gasteiger partial charge on any atom is 0.295 e. The van der Waals surface area contributed by atoms with Crippen LogP contribution in [0.15, 0.2) is 18.2 Å². The van der Waals surface area contributed by atoms with Crippen molar-refractivity contribution in [2.24, 2.45) is 0 Å². The number of hydrogen-bond acceptors (Lipinski definition) is 3. The first-order valence-electron chi connectivity index (χ1n) is 4.28. The lowest BCUT2D eigenvalue weighted by Crippen LogP contribution is -2.11. The third-order valence-corrected chi connectivity index (χ3v) is 1.75. The van der Waals surface area contributed by atoms with Crippen LogP contribution in [0.3, 0.4) is 0 Å². The number of nitro groups is 1. The Bertz CT molecular complexity index is 406. The molecule has 1 amide bonds. The molecule has 1 aromatic rings. The molecule has 0 heterocycles. The van der Waals surface area contributed by atoms with E-state index in [4.69, 9.17) is 0 Å². The second-order valence-electron chi connectivity index (χ2n) is 2.82. The van der Waals surface area contributed by atoms with Crippen molar-refractivity contribution in [2.45, 2.75) is 13.3 Å². The van der Waals surface area contributed by atoms with E-state index >= 15 is 0 Å². The van der Waals surface area contributed by atoms with E-state index in [9.17, 15) is 19.3 Å². The van der Waals surface area contributed by atoms with Crippen molar-refractivity contribution in [1.29, 1.82) is 0 Å². The standard InChI is InChI=1S/C9H9FN2O3/c1-2-9(13)11-7-4-3-6(10)5-8(7)12(14)15/h3-5H,2H2,1H3,(H,11,13). The summed E-state index contributed by atoms with van der Waals surface area (Å²) in [6, 6.07) is 2.99. The van der Waals surface area contributed by atoms with E-state index < -0.39 is 16.4 Å². The van der Waals surface area contributed by atoms with Gasteiger partial charge in [0.15, 0.2) is 0 Å². The molecule has 80 valence electrons. The van der Waals surface area contributed by atoms with Gasteiger partial charge in [-0.2, -0.15) is 0 Å².